The highest BCUT2D eigenvalue weighted by Gasteiger charge is 2.17. The van der Waals surface area contributed by atoms with E-state index in [4.69, 9.17) is 9.97 Å². The van der Waals surface area contributed by atoms with Crippen LogP contribution in [0.3, 0.4) is 0 Å². The van der Waals surface area contributed by atoms with Crippen LogP contribution in [0.4, 0.5) is 0 Å². The van der Waals surface area contributed by atoms with E-state index in [-0.39, 0.29) is 0 Å². The van der Waals surface area contributed by atoms with E-state index in [0.717, 1.165) is 44.0 Å². The molecule has 0 aliphatic heterocycles. The first-order valence-corrected chi connectivity index (χ1v) is 16.6. The summed E-state index contributed by atoms with van der Waals surface area (Å²) >= 11 is 1.73. The van der Waals surface area contributed by atoms with Gasteiger partial charge in [-0.25, -0.2) is 9.97 Å². The lowest BCUT2D eigenvalue weighted by Crippen LogP contribution is -1.94. The predicted octanol–water partition coefficient (Wildman–Crippen LogP) is 12.3. The van der Waals surface area contributed by atoms with Crippen LogP contribution in [0.1, 0.15) is 0 Å². The molecule has 0 atom stereocenters. The van der Waals surface area contributed by atoms with Crippen molar-refractivity contribution in [3.8, 4) is 56.0 Å². The van der Waals surface area contributed by atoms with Gasteiger partial charge in [0.1, 0.15) is 4.83 Å². The normalized spacial score (nSPS) is 11.4. The van der Waals surface area contributed by atoms with Crippen LogP contribution in [0.2, 0.25) is 0 Å². The molecule has 2 nitrogen and oxygen atoms in total. The molecule has 0 saturated heterocycles. The summed E-state index contributed by atoms with van der Waals surface area (Å²) in [5, 5.41) is 4.80. The molecule has 0 bridgehead atoms. The van der Waals surface area contributed by atoms with E-state index in [0.29, 0.717) is 0 Å². The lowest BCUT2D eigenvalue weighted by atomic mass is 9.96. The Morgan fingerprint density at radius 1 is 0.362 bits per heavy atom. The van der Waals surface area contributed by atoms with Crippen molar-refractivity contribution in [2.45, 2.75) is 0 Å². The second kappa shape index (κ2) is 11.5. The molecule has 47 heavy (non-hydrogen) atoms. The van der Waals surface area contributed by atoms with Crippen LogP contribution in [-0.2, 0) is 0 Å². The van der Waals surface area contributed by atoms with Gasteiger partial charge >= 0.3 is 0 Å². The van der Waals surface area contributed by atoms with Crippen LogP contribution < -0.4 is 0 Å². The third-order valence-electron chi connectivity index (χ3n) is 8.88. The van der Waals surface area contributed by atoms with Crippen molar-refractivity contribution in [2.24, 2.45) is 0 Å². The van der Waals surface area contributed by atoms with E-state index in [9.17, 15) is 0 Å². The van der Waals surface area contributed by atoms with Crippen LogP contribution >= 0.6 is 11.3 Å². The monoisotopic (exact) mass is 616 g/mol. The van der Waals surface area contributed by atoms with Crippen molar-refractivity contribution in [1.29, 1.82) is 0 Å². The molecule has 0 N–H and O–H groups in total. The SMILES string of the molecule is c1ccc(-c2cccc(-c3nc(-c4cccc(-c5cccc(-c6ccc7ccccc7c6)c5)c4)nc4sc5ccccc5c34)c2)cc1. The molecular weight excluding hydrogens is 589 g/mol. The molecule has 0 aliphatic carbocycles. The topological polar surface area (TPSA) is 25.8 Å². The largest absolute Gasteiger partial charge is 0.227 e. The average molecular weight is 617 g/mol. The van der Waals surface area contributed by atoms with E-state index in [2.05, 4.69) is 170 Å². The molecular formula is C44H28N2S. The van der Waals surface area contributed by atoms with Gasteiger partial charge in [0, 0.05) is 26.6 Å². The lowest BCUT2D eigenvalue weighted by molar-refractivity contribution is 1.24. The maximum absolute atomic E-state index is 5.32. The van der Waals surface area contributed by atoms with E-state index in [1.807, 2.05) is 0 Å². The lowest BCUT2D eigenvalue weighted by Gasteiger charge is -2.11. The zero-order chi connectivity index (χ0) is 31.2. The number of nitrogens with zero attached hydrogens (tertiary/aromatic N) is 2. The molecule has 0 saturated carbocycles. The standard InChI is InChI=1S/C44H28N2S/c1-2-11-29(12-3-1)32-15-9-19-37(27-32)42-41-39-21-6-7-22-40(39)47-44(41)46-43(45-42)38-20-10-18-35(28-38)33-16-8-17-34(26-33)36-24-23-30-13-4-5-14-31(30)25-36/h1-28H. The first-order valence-electron chi connectivity index (χ1n) is 15.8. The average Bonchev–Trinajstić information content (AvgIpc) is 3.53. The molecule has 7 aromatic carbocycles. The Bertz CT molecular complexity index is 2580. The number of rotatable bonds is 5. The molecule has 3 heteroatoms. The number of hydrogen-bond donors (Lipinski definition) is 0. The van der Waals surface area contributed by atoms with Crippen LogP contribution in [0.25, 0.3) is 87.1 Å². The van der Waals surface area contributed by atoms with Crippen LogP contribution in [0, 0.1) is 0 Å². The minimum absolute atomic E-state index is 0.733. The number of fused-ring (bicyclic) bond motifs is 4. The van der Waals surface area contributed by atoms with Gasteiger partial charge in [-0.1, -0.05) is 140 Å². The number of aromatic nitrogens is 2. The highest BCUT2D eigenvalue weighted by Crippen LogP contribution is 2.40. The predicted molar refractivity (Wildman–Crippen MR) is 200 cm³/mol. The van der Waals surface area contributed by atoms with Gasteiger partial charge in [0.2, 0.25) is 0 Å². The number of thiophene rings is 1. The highest BCUT2D eigenvalue weighted by molar-refractivity contribution is 7.25. The minimum atomic E-state index is 0.733. The molecule has 9 aromatic rings. The molecule has 0 fully saturated rings. The molecule has 2 heterocycles. The quantitative estimate of drug-likeness (QED) is 0.192. The summed E-state index contributed by atoms with van der Waals surface area (Å²) < 4.78 is 1.22. The summed E-state index contributed by atoms with van der Waals surface area (Å²) in [6.07, 6.45) is 0. The third-order valence-corrected chi connectivity index (χ3v) is 9.95. The molecule has 9 rings (SSSR count). The summed E-state index contributed by atoms with van der Waals surface area (Å²) in [4.78, 5) is 11.5. The Morgan fingerprint density at radius 2 is 0.915 bits per heavy atom. The second-order valence-corrected chi connectivity index (χ2v) is 12.9. The van der Waals surface area contributed by atoms with Gasteiger partial charge in [0.25, 0.3) is 0 Å². The Labute approximate surface area is 277 Å². The first-order chi connectivity index (χ1) is 23.3. The molecule has 2 aromatic heterocycles. The van der Waals surface area contributed by atoms with Gasteiger partial charge in [0.15, 0.2) is 5.82 Å². The molecule has 0 unspecified atom stereocenters. The fourth-order valence-electron chi connectivity index (χ4n) is 6.52. The smallest absolute Gasteiger partial charge is 0.161 e. The Kier molecular flexibility index (Phi) is 6.69. The van der Waals surface area contributed by atoms with Gasteiger partial charge in [-0.3, -0.25) is 0 Å². The molecule has 0 radical (unpaired) electrons. The first kappa shape index (κ1) is 27.4. The van der Waals surface area contributed by atoms with Crippen LogP contribution in [0.15, 0.2) is 170 Å². The summed E-state index contributed by atoms with van der Waals surface area (Å²) in [5.41, 5.74) is 10.1. The Hall–Kier alpha value is -5.90. The van der Waals surface area contributed by atoms with Crippen molar-refractivity contribution in [1.82, 2.24) is 9.97 Å². The summed E-state index contributed by atoms with van der Waals surface area (Å²) in [6.45, 7) is 0. The fraction of sp³-hybridized carbons (Fsp3) is 0. The molecule has 0 amide bonds. The van der Waals surface area contributed by atoms with E-state index in [1.165, 1.54) is 43.1 Å². The zero-order valence-electron chi connectivity index (χ0n) is 25.5. The highest BCUT2D eigenvalue weighted by atomic mass is 32.1. The molecule has 0 spiro atoms. The Balaban J connectivity index is 1.17. The van der Waals surface area contributed by atoms with Crippen molar-refractivity contribution < 1.29 is 0 Å². The summed E-state index contributed by atoms with van der Waals surface area (Å²) in [5.74, 6) is 0.733. The van der Waals surface area contributed by atoms with Crippen LogP contribution in [-0.4, -0.2) is 9.97 Å². The Morgan fingerprint density at radius 3 is 1.70 bits per heavy atom. The van der Waals surface area contributed by atoms with Gasteiger partial charge in [-0.05, 0) is 74.5 Å². The van der Waals surface area contributed by atoms with Gasteiger partial charge < -0.3 is 0 Å². The maximum atomic E-state index is 5.32. The number of hydrogen-bond acceptors (Lipinski definition) is 3. The maximum Gasteiger partial charge on any atom is 0.161 e. The summed E-state index contributed by atoms with van der Waals surface area (Å²) in [6, 6.07) is 60.4. The van der Waals surface area contributed by atoms with Gasteiger partial charge in [-0.15, -0.1) is 11.3 Å². The number of benzene rings is 7. The third kappa shape index (κ3) is 5.07. The van der Waals surface area contributed by atoms with E-state index in [1.54, 1.807) is 11.3 Å². The van der Waals surface area contributed by atoms with Crippen molar-refractivity contribution in [3.05, 3.63) is 170 Å². The van der Waals surface area contributed by atoms with E-state index < -0.39 is 0 Å². The van der Waals surface area contributed by atoms with Crippen molar-refractivity contribution in [2.75, 3.05) is 0 Å². The summed E-state index contributed by atoms with van der Waals surface area (Å²) in [7, 11) is 0. The molecule has 0 aliphatic rings. The molecule has 220 valence electrons. The van der Waals surface area contributed by atoms with Crippen molar-refractivity contribution in [3.63, 3.8) is 0 Å². The zero-order valence-corrected chi connectivity index (χ0v) is 26.3. The van der Waals surface area contributed by atoms with Gasteiger partial charge in [0.05, 0.1) is 5.69 Å². The minimum Gasteiger partial charge on any atom is -0.227 e. The van der Waals surface area contributed by atoms with E-state index >= 15 is 0 Å². The van der Waals surface area contributed by atoms with Crippen molar-refractivity contribution >= 4 is 42.4 Å². The van der Waals surface area contributed by atoms with Crippen LogP contribution in [0.5, 0.6) is 0 Å². The fourth-order valence-corrected chi connectivity index (χ4v) is 7.60. The van der Waals surface area contributed by atoms with Gasteiger partial charge in [-0.2, -0.15) is 0 Å². The second-order valence-electron chi connectivity index (χ2n) is 11.8.